The van der Waals surface area contributed by atoms with Crippen LogP contribution in [-0.2, 0) is 5.41 Å². The predicted molar refractivity (Wildman–Crippen MR) is 73.8 cm³/mol. The number of nitrogens with two attached hydrogens (primary N) is 1. The fourth-order valence-electron chi connectivity index (χ4n) is 2.47. The molecule has 1 fully saturated rings. The zero-order chi connectivity index (χ0) is 13.7. The van der Waals surface area contributed by atoms with Crippen LogP contribution >= 0.6 is 0 Å². The van der Waals surface area contributed by atoms with Gasteiger partial charge in [-0.25, -0.2) is 9.97 Å². The van der Waals surface area contributed by atoms with Crippen LogP contribution in [0.1, 0.15) is 25.3 Å². The SMILES string of the molecule is CC1(c2cncc3nc(-c4cnoc4)nc(N)c23)CC1. The molecule has 1 saturated carbocycles. The number of nitrogens with zero attached hydrogens (tertiary/aromatic N) is 4. The van der Waals surface area contributed by atoms with Gasteiger partial charge < -0.3 is 10.3 Å². The summed E-state index contributed by atoms with van der Waals surface area (Å²) >= 11 is 0. The molecule has 3 aromatic heterocycles. The van der Waals surface area contributed by atoms with Crippen molar-refractivity contribution in [1.29, 1.82) is 0 Å². The highest BCUT2D eigenvalue weighted by atomic mass is 16.5. The highest BCUT2D eigenvalue weighted by Gasteiger charge is 2.41. The van der Waals surface area contributed by atoms with Gasteiger partial charge >= 0.3 is 0 Å². The molecule has 1 aliphatic rings. The van der Waals surface area contributed by atoms with Crippen LogP contribution in [0.4, 0.5) is 5.82 Å². The van der Waals surface area contributed by atoms with E-state index in [1.54, 1.807) is 12.4 Å². The van der Waals surface area contributed by atoms with Crippen LogP contribution in [0.2, 0.25) is 0 Å². The minimum absolute atomic E-state index is 0.169. The Morgan fingerprint density at radius 2 is 2.05 bits per heavy atom. The molecular formula is C14H13N5O. The molecule has 0 amide bonds. The Morgan fingerprint density at radius 3 is 2.75 bits per heavy atom. The van der Waals surface area contributed by atoms with E-state index in [9.17, 15) is 0 Å². The molecule has 0 spiro atoms. The summed E-state index contributed by atoms with van der Waals surface area (Å²) in [5, 5.41) is 4.58. The number of hydrogen-bond acceptors (Lipinski definition) is 6. The Balaban J connectivity index is 1.99. The van der Waals surface area contributed by atoms with E-state index in [1.807, 2.05) is 6.20 Å². The first-order chi connectivity index (χ1) is 9.67. The highest BCUT2D eigenvalue weighted by molar-refractivity contribution is 5.92. The van der Waals surface area contributed by atoms with Gasteiger partial charge in [0, 0.05) is 11.6 Å². The summed E-state index contributed by atoms with van der Waals surface area (Å²) in [5.41, 5.74) is 8.94. The summed E-state index contributed by atoms with van der Waals surface area (Å²) in [7, 11) is 0. The van der Waals surface area contributed by atoms with Gasteiger partial charge in [0.05, 0.1) is 23.5 Å². The Kier molecular flexibility index (Phi) is 2.13. The lowest BCUT2D eigenvalue weighted by Crippen LogP contribution is -2.06. The fourth-order valence-corrected chi connectivity index (χ4v) is 2.47. The van der Waals surface area contributed by atoms with E-state index in [2.05, 4.69) is 27.0 Å². The minimum atomic E-state index is 0.169. The zero-order valence-corrected chi connectivity index (χ0v) is 11.0. The molecule has 0 bridgehead atoms. The van der Waals surface area contributed by atoms with Gasteiger partial charge in [0.25, 0.3) is 0 Å². The van der Waals surface area contributed by atoms with Gasteiger partial charge in [0.2, 0.25) is 0 Å². The Labute approximate surface area is 115 Å². The zero-order valence-electron chi connectivity index (χ0n) is 11.0. The van der Waals surface area contributed by atoms with Gasteiger partial charge in [-0.1, -0.05) is 12.1 Å². The average Bonchev–Trinajstić information content (AvgIpc) is 2.99. The Morgan fingerprint density at radius 1 is 1.20 bits per heavy atom. The lowest BCUT2D eigenvalue weighted by atomic mass is 9.96. The van der Waals surface area contributed by atoms with Crippen molar-refractivity contribution in [3.8, 4) is 11.4 Å². The Bertz CT molecular complexity index is 793. The van der Waals surface area contributed by atoms with Crippen molar-refractivity contribution in [2.75, 3.05) is 5.73 Å². The van der Waals surface area contributed by atoms with Gasteiger partial charge in [-0.05, 0) is 23.8 Å². The monoisotopic (exact) mass is 267 g/mol. The smallest absolute Gasteiger partial charge is 0.167 e. The lowest BCUT2D eigenvalue weighted by molar-refractivity contribution is 0.420. The quantitative estimate of drug-likeness (QED) is 0.766. The van der Waals surface area contributed by atoms with Crippen LogP contribution in [0.5, 0.6) is 0 Å². The standard InChI is InChI=1S/C14H13N5O/c1-14(2-3-14)9-5-16-6-10-11(9)12(15)19-13(18-10)8-4-17-20-7-8/h4-7H,2-3H2,1H3,(H2,15,18,19). The van der Waals surface area contributed by atoms with Crippen LogP contribution < -0.4 is 5.73 Å². The van der Waals surface area contributed by atoms with Gasteiger partial charge in [0.1, 0.15) is 12.1 Å². The molecular weight excluding hydrogens is 254 g/mol. The normalized spacial score (nSPS) is 16.4. The number of pyridine rings is 1. The van der Waals surface area contributed by atoms with Crippen LogP contribution in [0, 0.1) is 0 Å². The second-order valence-corrected chi connectivity index (χ2v) is 5.49. The van der Waals surface area contributed by atoms with E-state index in [0.717, 1.165) is 29.3 Å². The van der Waals surface area contributed by atoms with Gasteiger partial charge in [-0.15, -0.1) is 0 Å². The number of fused-ring (bicyclic) bond motifs is 1. The van der Waals surface area contributed by atoms with Crippen molar-refractivity contribution in [3.05, 3.63) is 30.4 Å². The molecule has 6 heteroatoms. The molecule has 0 aromatic carbocycles. The maximum atomic E-state index is 6.16. The lowest BCUT2D eigenvalue weighted by Gasteiger charge is -2.13. The van der Waals surface area contributed by atoms with E-state index in [1.165, 1.54) is 6.26 Å². The molecule has 4 rings (SSSR count). The molecule has 6 nitrogen and oxygen atoms in total. The van der Waals surface area contributed by atoms with E-state index >= 15 is 0 Å². The van der Waals surface area contributed by atoms with Crippen molar-refractivity contribution in [2.45, 2.75) is 25.2 Å². The number of anilines is 1. The summed E-state index contributed by atoms with van der Waals surface area (Å²) in [5.74, 6) is 0.993. The molecule has 0 atom stereocenters. The largest absolute Gasteiger partial charge is 0.383 e. The topological polar surface area (TPSA) is 90.7 Å². The number of hydrogen-bond donors (Lipinski definition) is 1. The summed E-state index contributed by atoms with van der Waals surface area (Å²) in [6, 6.07) is 0. The molecule has 3 heterocycles. The van der Waals surface area contributed by atoms with Crippen molar-refractivity contribution in [1.82, 2.24) is 20.1 Å². The minimum Gasteiger partial charge on any atom is -0.383 e. The molecule has 2 N–H and O–H groups in total. The van der Waals surface area contributed by atoms with Gasteiger partial charge in [-0.2, -0.15) is 0 Å². The number of nitrogen functional groups attached to an aromatic ring is 1. The van der Waals surface area contributed by atoms with Crippen molar-refractivity contribution >= 4 is 16.7 Å². The number of rotatable bonds is 2. The maximum Gasteiger partial charge on any atom is 0.167 e. The van der Waals surface area contributed by atoms with E-state index in [4.69, 9.17) is 10.3 Å². The molecule has 0 aliphatic heterocycles. The molecule has 3 aromatic rings. The number of aromatic nitrogens is 4. The van der Waals surface area contributed by atoms with Crippen LogP contribution in [0.3, 0.4) is 0 Å². The molecule has 0 unspecified atom stereocenters. The molecule has 20 heavy (non-hydrogen) atoms. The van der Waals surface area contributed by atoms with E-state index in [0.29, 0.717) is 17.2 Å². The van der Waals surface area contributed by atoms with Crippen LogP contribution in [0.15, 0.2) is 29.4 Å². The van der Waals surface area contributed by atoms with E-state index < -0.39 is 0 Å². The summed E-state index contributed by atoms with van der Waals surface area (Å²) in [4.78, 5) is 13.2. The molecule has 100 valence electrons. The van der Waals surface area contributed by atoms with Gasteiger partial charge in [0.15, 0.2) is 5.82 Å². The van der Waals surface area contributed by atoms with Crippen LogP contribution in [-0.4, -0.2) is 20.1 Å². The van der Waals surface area contributed by atoms with E-state index in [-0.39, 0.29) is 5.41 Å². The second-order valence-electron chi connectivity index (χ2n) is 5.49. The summed E-state index contributed by atoms with van der Waals surface area (Å²) < 4.78 is 4.82. The summed E-state index contributed by atoms with van der Waals surface area (Å²) in [6.07, 6.45) is 8.98. The van der Waals surface area contributed by atoms with Crippen molar-refractivity contribution < 1.29 is 4.52 Å². The second kappa shape index (κ2) is 3.75. The predicted octanol–water partition coefficient (Wildman–Crippen LogP) is 2.31. The van der Waals surface area contributed by atoms with Crippen LogP contribution in [0.25, 0.3) is 22.3 Å². The van der Waals surface area contributed by atoms with Crippen molar-refractivity contribution in [2.24, 2.45) is 0 Å². The molecule has 1 aliphatic carbocycles. The third kappa shape index (κ3) is 1.57. The first-order valence-corrected chi connectivity index (χ1v) is 6.49. The molecule has 0 saturated heterocycles. The average molecular weight is 267 g/mol. The third-order valence-corrected chi connectivity index (χ3v) is 3.98. The highest BCUT2D eigenvalue weighted by Crippen LogP contribution is 2.50. The third-order valence-electron chi connectivity index (χ3n) is 3.98. The summed E-state index contributed by atoms with van der Waals surface area (Å²) in [6.45, 7) is 2.22. The first-order valence-electron chi connectivity index (χ1n) is 6.49. The van der Waals surface area contributed by atoms with Crippen molar-refractivity contribution in [3.63, 3.8) is 0 Å². The first kappa shape index (κ1) is 11.3. The van der Waals surface area contributed by atoms with Gasteiger partial charge in [-0.3, -0.25) is 4.98 Å². The maximum absolute atomic E-state index is 6.16. The molecule has 0 radical (unpaired) electrons. The Hall–Kier alpha value is -2.50. The fraction of sp³-hybridized carbons (Fsp3) is 0.286.